The fourth-order valence-electron chi connectivity index (χ4n) is 3.74. The van der Waals surface area contributed by atoms with Gasteiger partial charge in [0.2, 0.25) is 5.91 Å². The number of piperidine rings is 1. The van der Waals surface area contributed by atoms with E-state index in [2.05, 4.69) is 20.5 Å². The van der Waals surface area contributed by atoms with Crippen LogP contribution in [-0.2, 0) is 11.4 Å². The number of aryl methyl sites for hydroxylation is 1. The van der Waals surface area contributed by atoms with Gasteiger partial charge in [0.15, 0.2) is 5.75 Å². The Morgan fingerprint density at radius 1 is 1.23 bits per heavy atom. The third-order valence-electron chi connectivity index (χ3n) is 5.35. The van der Waals surface area contributed by atoms with Crippen LogP contribution in [0.3, 0.4) is 0 Å². The number of carbonyl (C=O) groups is 1. The van der Waals surface area contributed by atoms with E-state index in [0.717, 1.165) is 30.7 Å². The van der Waals surface area contributed by atoms with Gasteiger partial charge in [-0.3, -0.25) is 9.69 Å². The second-order valence-corrected chi connectivity index (χ2v) is 7.84. The minimum Gasteiger partial charge on any atom is -0.455 e. The van der Waals surface area contributed by atoms with Gasteiger partial charge in [0.1, 0.15) is 11.4 Å². The molecule has 0 radical (unpaired) electrons. The lowest BCUT2D eigenvalue weighted by atomic mass is 10.1. The van der Waals surface area contributed by atoms with E-state index in [1.165, 1.54) is 0 Å². The predicted octanol–water partition coefficient (Wildman–Crippen LogP) is 3.15. The number of hydrogen-bond donors (Lipinski definition) is 2. The van der Waals surface area contributed by atoms with Crippen molar-refractivity contribution in [1.29, 1.82) is 0 Å². The molecule has 1 amide bonds. The third-order valence-corrected chi connectivity index (χ3v) is 5.35. The molecular formula is C23H27N5O3. The molecule has 162 valence electrons. The molecule has 4 rings (SSSR count). The number of nitrogens with zero attached hydrogens (tertiary/aromatic N) is 4. The molecular weight excluding hydrogens is 394 g/mol. The number of amides is 1. The van der Waals surface area contributed by atoms with Gasteiger partial charge in [-0.2, -0.15) is 0 Å². The molecule has 2 heterocycles. The van der Waals surface area contributed by atoms with Crippen LogP contribution in [0.25, 0.3) is 0 Å². The molecule has 0 saturated carbocycles. The highest BCUT2D eigenvalue weighted by molar-refractivity contribution is 5.93. The van der Waals surface area contributed by atoms with Crippen LogP contribution in [0, 0.1) is 6.92 Å². The molecule has 8 heteroatoms. The summed E-state index contributed by atoms with van der Waals surface area (Å²) in [4.78, 5) is 14.9. The normalized spacial score (nSPS) is 16.8. The fourth-order valence-corrected chi connectivity index (χ4v) is 3.74. The first-order valence-corrected chi connectivity index (χ1v) is 10.5. The van der Waals surface area contributed by atoms with E-state index in [1.807, 2.05) is 55.5 Å². The smallest absolute Gasteiger partial charge is 0.238 e. The molecule has 1 atom stereocenters. The summed E-state index contributed by atoms with van der Waals surface area (Å²) < 4.78 is 7.77. The Morgan fingerprint density at radius 2 is 2.03 bits per heavy atom. The Balaban J connectivity index is 1.37. The van der Waals surface area contributed by atoms with Gasteiger partial charge in [-0.25, -0.2) is 4.68 Å². The minimum atomic E-state index is -0.122. The maximum Gasteiger partial charge on any atom is 0.238 e. The zero-order chi connectivity index (χ0) is 21.6. The molecule has 1 fully saturated rings. The number of benzene rings is 2. The lowest BCUT2D eigenvalue weighted by molar-refractivity contribution is -0.117. The van der Waals surface area contributed by atoms with E-state index < -0.39 is 0 Å². The summed E-state index contributed by atoms with van der Waals surface area (Å²) in [5.41, 5.74) is 2.36. The summed E-state index contributed by atoms with van der Waals surface area (Å²) in [5.74, 6) is 1.24. The van der Waals surface area contributed by atoms with Gasteiger partial charge in [-0.05, 0) is 50.6 Å². The highest BCUT2D eigenvalue weighted by atomic mass is 16.5. The number of hydrogen-bond acceptors (Lipinski definition) is 6. The maximum atomic E-state index is 12.7. The second kappa shape index (κ2) is 9.72. The van der Waals surface area contributed by atoms with Crippen molar-refractivity contribution in [1.82, 2.24) is 19.9 Å². The van der Waals surface area contributed by atoms with Crippen LogP contribution in [0.4, 0.5) is 5.69 Å². The van der Waals surface area contributed by atoms with Crippen molar-refractivity contribution in [3.8, 4) is 11.5 Å². The second-order valence-electron chi connectivity index (χ2n) is 7.84. The molecule has 1 unspecified atom stereocenters. The predicted molar refractivity (Wildman–Crippen MR) is 117 cm³/mol. The van der Waals surface area contributed by atoms with E-state index in [4.69, 9.17) is 4.74 Å². The molecule has 1 aliphatic rings. The highest BCUT2D eigenvalue weighted by Crippen LogP contribution is 2.29. The van der Waals surface area contributed by atoms with Crippen LogP contribution < -0.4 is 10.1 Å². The molecule has 3 aromatic rings. The lowest BCUT2D eigenvalue weighted by Gasteiger charge is -2.32. The number of rotatable bonds is 7. The summed E-state index contributed by atoms with van der Waals surface area (Å²) in [6, 6.07) is 15.4. The quantitative estimate of drug-likeness (QED) is 0.609. The van der Waals surface area contributed by atoms with Gasteiger partial charge >= 0.3 is 0 Å². The number of likely N-dealkylation sites (tertiary alicyclic amines) is 1. The molecule has 31 heavy (non-hydrogen) atoms. The number of anilines is 1. The molecule has 1 aromatic heterocycles. The molecule has 1 aliphatic heterocycles. The summed E-state index contributed by atoms with van der Waals surface area (Å²) in [6.07, 6.45) is 3.71. The monoisotopic (exact) mass is 421 g/mol. The van der Waals surface area contributed by atoms with Crippen molar-refractivity contribution in [3.63, 3.8) is 0 Å². The molecule has 0 spiro atoms. The van der Waals surface area contributed by atoms with Gasteiger partial charge in [-0.1, -0.05) is 35.0 Å². The summed E-state index contributed by atoms with van der Waals surface area (Å²) in [6.45, 7) is 3.76. The first-order valence-electron chi connectivity index (χ1n) is 10.5. The lowest BCUT2D eigenvalue weighted by Crippen LogP contribution is -2.41. The molecule has 1 saturated heterocycles. The van der Waals surface area contributed by atoms with Crippen molar-refractivity contribution in [3.05, 3.63) is 66.0 Å². The van der Waals surface area contributed by atoms with E-state index in [-0.39, 0.29) is 25.1 Å². The van der Waals surface area contributed by atoms with Gasteiger partial charge in [0, 0.05) is 6.54 Å². The van der Waals surface area contributed by atoms with Gasteiger partial charge < -0.3 is 15.2 Å². The van der Waals surface area contributed by atoms with Crippen LogP contribution in [0.15, 0.2) is 54.7 Å². The average molecular weight is 422 g/mol. The van der Waals surface area contributed by atoms with E-state index >= 15 is 0 Å². The molecule has 0 aliphatic carbocycles. The van der Waals surface area contributed by atoms with Crippen molar-refractivity contribution >= 4 is 11.6 Å². The molecule has 2 aromatic carbocycles. The van der Waals surface area contributed by atoms with Crippen molar-refractivity contribution in [2.75, 3.05) is 25.0 Å². The van der Waals surface area contributed by atoms with Crippen molar-refractivity contribution < 1.29 is 14.6 Å². The first-order chi connectivity index (χ1) is 15.1. The highest BCUT2D eigenvalue weighted by Gasteiger charge is 2.24. The third kappa shape index (κ3) is 5.48. The molecule has 0 bridgehead atoms. The number of aliphatic hydroxyl groups excluding tert-OH is 1. The van der Waals surface area contributed by atoms with Gasteiger partial charge in [0.25, 0.3) is 0 Å². The standard InChI is InChI=1S/C23H27N5O3/c1-17-8-10-20(11-9-17)31-22-7-3-2-6-21(22)24-23(30)15-27-12-4-5-19(14-27)28-13-18(16-29)25-26-28/h2-3,6-11,13,19,29H,4-5,12,14-16H2,1H3,(H,24,30). The molecule has 8 nitrogen and oxygen atoms in total. The van der Waals surface area contributed by atoms with Crippen molar-refractivity contribution in [2.24, 2.45) is 0 Å². The number of carbonyl (C=O) groups excluding carboxylic acids is 1. The van der Waals surface area contributed by atoms with Crippen molar-refractivity contribution in [2.45, 2.75) is 32.4 Å². The fraction of sp³-hybridized carbons (Fsp3) is 0.348. The molecule has 2 N–H and O–H groups in total. The zero-order valence-electron chi connectivity index (χ0n) is 17.6. The number of nitrogens with one attached hydrogen (secondary N) is 1. The van der Waals surface area contributed by atoms with Crippen LogP contribution in [0.2, 0.25) is 0 Å². The van der Waals surface area contributed by atoms with E-state index in [9.17, 15) is 9.90 Å². The summed E-state index contributed by atoms with van der Waals surface area (Å²) in [5, 5.41) is 20.2. The summed E-state index contributed by atoms with van der Waals surface area (Å²) in [7, 11) is 0. The van der Waals surface area contributed by atoms with Crippen LogP contribution in [0.1, 0.15) is 30.1 Å². The minimum absolute atomic E-state index is 0.0877. The number of para-hydroxylation sites is 2. The topological polar surface area (TPSA) is 92.5 Å². The van der Waals surface area contributed by atoms with Gasteiger partial charge in [0.05, 0.1) is 31.1 Å². The number of aliphatic hydroxyl groups is 1. The Labute approximate surface area is 181 Å². The zero-order valence-corrected chi connectivity index (χ0v) is 17.6. The maximum absolute atomic E-state index is 12.7. The van der Waals surface area contributed by atoms with E-state index in [0.29, 0.717) is 23.7 Å². The largest absolute Gasteiger partial charge is 0.455 e. The van der Waals surface area contributed by atoms with Crippen LogP contribution >= 0.6 is 0 Å². The SMILES string of the molecule is Cc1ccc(Oc2ccccc2NC(=O)CN2CCCC(n3cc(CO)nn3)C2)cc1. The Hall–Kier alpha value is -3.23. The van der Waals surface area contributed by atoms with Gasteiger partial charge in [-0.15, -0.1) is 5.10 Å². The Morgan fingerprint density at radius 3 is 2.81 bits per heavy atom. The first kappa shape index (κ1) is 21.0. The van der Waals surface area contributed by atoms with Crippen LogP contribution in [0.5, 0.6) is 11.5 Å². The number of ether oxygens (including phenoxy) is 1. The average Bonchev–Trinajstić information content (AvgIpc) is 3.26. The van der Waals surface area contributed by atoms with Crippen LogP contribution in [-0.4, -0.2) is 50.5 Å². The Kier molecular flexibility index (Phi) is 6.59. The number of aromatic nitrogens is 3. The summed E-state index contributed by atoms with van der Waals surface area (Å²) >= 11 is 0. The Bertz CT molecular complexity index is 1020. The van der Waals surface area contributed by atoms with E-state index in [1.54, 1.807) is 10.9 Å².